The van der Waals surface area contributed by atoms with Crippen LogP contribution in [0.25, 0.3) is 0 Å². The molecule has 3 amide bonds. The number of imide groups is 1. The van der Waals surface area contributed by atoms with Gasteiger partial charge >= 0.3 is 0 Å². The van der Waals surface area contributed by atoms with Crippen molar-refractivity contribution < 1.29 is 19.2 Å². The Morgan fingerprint density at radius 3 is 2.15 bits per heavy atom. The van der Waals surface area contributed by atoms with Crippen LogP contribution in [0.5, 0.6) is 0 Å². The Morgan fingerprint density at radius 2 is 1.61 bits per heavy atom. The van der Waals surface area contributed by atoms with Crippen molar-refractivity contribution in [2.24, 2.45) is 11.8 Å². The number of Topliss-reactive ketones (excluding diaryl/α,β-unsaturated/α-hetero) is 1. The minimum absolute atomic E-state index is 0.0500. The summed E-state index contributed by atoms with van der Waals surface area (Å²) >= 11 is 12.3. The number of rotatable bonds is 6. The lowest BCUT2D eigenvalue weighted by Crippen LogP contribution is -2.57. The predicted octanol–water partition coefficient (Wildman–Crippen LogP) is 4.96. The summed E-state index contributed by atoms with van der Waals surface area (Å²) in [6.07, 6.45) is 4.75. The lowest BCUT2D eigenvalue weighted by atomic mass is 9.85. The molecule has 1 saturated heterocycles. The van der Waals surface area contributed by atoms with Crippen molar-refractivity contribution in [1.82, 2.24) is 10.0 Å². The van der Waals surface area contributed by atoms with Crippen LogP contribution in [-0.2, 0) is 9.59 Å². The van der Waals surface area contributed by atoms with E-state index >= 15 is 0 Å². The van der Waals surface area contributed by atoms with E-state index in [-0.39, 0.29) is 22.8 Å². The van der Waals surface area contributed by atoms with E-state index in [1.165, 1.54) is 18.2 Å². The molecule has 0 N–H and O–H groups in total. The number of carbonyl (C=O) groups excluding carboxylic acids is 4. The number of halogens is 2. The second kappa shape index (κ2) is 9.49. The first-order chi connectivity index (χ1) is 15.8. The standard InChI is InChI=1S/C25H22Cl2N2O4/c1-2-21(22(30)15-8-4-3-5-9-15)28(25(33)19-13-12-16(26)14-20(19)27)29-23(31)17-10-6-7-11-18(17)24(29)32/h3-9,12-14,17-18,21H,2,10-11H2,1H3/t17-,18-,21+/m0/s1. The lowest BCUT2D eigenvalue weighted by Gasteiger charge is -2.36. The Bertz CT molecular complexity index is 1120. The monoisotopic (exact) mass is 484 g/mol. The summed E-state index contributed by atoms with van der Waals surface area (Å²) in [7, 11) is 0. The number of benzene rings is 2. The Labute approximate surface area is 201 Å². The third kappa shape index (κ3) is 4.21. The smallest absolute Gasteiger partial charge is 0.275 e. The van der Waals surface area contributed by atoms with Crippen molar-refractivity contribution in [2.45, 2.75) is 32.2 Å². The molecule has 1 heterocycles. The van der Waals surface area contributed by atoms with E-state index in [1.807, 2.05) is 12.2 Å². The molecule has 8 heteroatoms. The van der Waals surface area contributed by atoms with Crippen LogP contribution in [0.3, 0.4) is 0 Å². The first kappa shape index (κ1) is 23.2. The number of carbonyl (C=O) groups is 4. The molecular formula is C25H22Cl2N2O4. The van der Waals surface area contributed by atoms with Gasteiger partial charge in [0, 0.05) is 10.6 Å². The number of ketones is 1. The largest absolute Gasteiger partial charge is 0.292 e. The van der Waals surface area contributed by atoms with Crippen LogP contribution in [0.15, 0.2) is 60.7 Å². The van der Waals surface area contributed by atoms with Crippen LogP contribution in [0.4, 0.5) is 0 Å². The Balaban J connectivity index is 1.81. The normalized spacial score (nSPS) is 20.5. The molecule has 0 radical (unpaired) electrons. The molecule has 0 aromatic heterocycles. The van der Waals surface area contributed by atoms with Crippen LogP contribution in [0.1, 0.15) is 46.9 Å². The van der Waals surface area contributed by atoms with Crippen molar-refractivity contribution in [2.75, 3.05) is 0 Å². The van der Waals surface area contributed by atoms with Crippen molar-refractivity contribution in [1.29, 1.82) is 0 Å². The van der Waals surface area contributed by atoms with Crippen molar-refractivity contribution in [3.8, 4) is 0 Å². The molecular weight excluding hydrogens is 463 g/mol. The van der Waals surface area contributed by atoms with Crippen LogP contribution in [0.2, 0.25) is 10.0 Å². The number of hydrazine groups is 1. The molecule has 0 unspecified atom stereocenters. The molecule has 1 aliphatic carbocycles. The summed E-state index contributed by atoms with van der Waals surface area (Å²) < 4.78 is 0. The van der Waals surface area contributed by atoms with E-state index in [1.54, 1.807) is 37.3 Å². The molecule has 1 fully saturated rings. The number of amides is 3. The maximum Gasteiger partial charge on any atom is 0.275 e. The summed E-state index contributed by atoms with van der Waals surface area (Å²) in [6.45, 7) is 1.73. The third-order valence-electron chi connectivity index (χ3n) is 6.11. The van der Waals surface area contributed by atoms with E-state index in [0.717, 1.165) is 10.0 Å². The van der Waals surface area contributed by atoms with Gasteiger partial charge in [0.25, 0.3) is 17.7 Å². The highest BCUT2D eigenvalue weighted by atomic mass is 35.5. The van der Waals surface area contributed by atoms with Crippen LogP contribution >= 0.6 is 23.2 Å². The van der Waals surface area contributed by atoms with E-state index in [2.05, 4.69) is 0 Å². The summed E-state index contributed by atoms with van der Waals surface area (Å²) in [5.41, 5.74) is 0.427. The van der Waals surface area contributed by atoms with Crippen LogP contribution in [-0.4, -0.2) is 39.6 Å². The summed E-state index contributed by atoms with van der Waals surface area (Å²) in [5.74, 6) is -3.14. The topological polar surface area (TPSA) is 74.8 Å². The Kier molecular flexibility index (Phi) is 6.68. The quantitative estimate of drug-likeness (QED) is 0.329. The number of nitrogens with zero attached hydrogens (tertiary/aromatic N) is 2. The lowest BCUT2D eigenvalue weighted by molar-refractivity contribution is -0.156. The molecule has 2 aliphatic rings. The van der Waals surface area contributed by atoms with Gasteiger partial charge in [-0.15, -0.1) is 0 Å². The van der Waals surface area contributed by atoms with Gasteiger partial charge in [-0.1, -0.05) is 72.6 Å². The number of fused-ring (bicyclic) bond motifs is 1. The maximum absolute atomic E-state index is 13.8. The summed E-state index contributed by atoms with van der Waals surface area (Å²) in [4.78, 5) is 54.0. The molecule has 1 aliphatic heterocycles. The SMILES string of the molecule is CC[C@H](C(=O)c1ccccc1)N(C(=O)c1ccc(Cl)cc1Cl)N1C(=O)[C@H]2CC=CC[C@@H]2C1=O. The van der Waals surface area contributed by atoms with E-state index in [4.69, 9.17) is 23.2 Å². The average molecular weight is 485 g/mol. The minimum Gasteiger partial charge on any atom is -0.292 e. The predicted molar refractivity (Wildman–Crippen MR) is 125 cm³/mol. The molecule has 0 saturated carbocycles. The highest BCUT2D eigenvalue weighted by Crippen LogP contribution is 2.38. The third-order valence-corrected chi connectivity index (χ3v) is 6.66. The highest BCUT2D eigenvalue weighted by molar-refractivity contribution is 6.36. The fourth-order valence-corrected chi connectivity index (χ4v) is 4.91. The number of hydrogen-bond acceptors (Lipinski definition) is 4. The molecule has 170 valence electrons. The highest BCUT2D eigenvalue weighted by Gasteiger charge is 2.53. The zero-order valence-corrected chi connectivity index (χ0v) is 19.4. The molecule has 0 spiro atoms. The van der Waals surface area contributed by atoms with Gasteiger partial charge in [-0.2, -0.15) is 5.01 Å². The van der Waals surface area contributed by atoms with Crippen LogP contribution in [0, 0.1) is 11.8 Å². The molecule has 3 atom stereocenters. The Hall–Kier alpha value is -2.96. The van der Waals surface area contributed by atoms with Gasteiger partial charge in [-0.05, 0) is 37.5 Å². The number of hydrogen-bond donors (Lipinski definition) is 0. The van der Waals surface area contributed by atoms with Gasteiger partial charge in [0.1, 0.15) is 6.04 Å². The van der Waals surface area contributed by atoms with E-state index < -0.39 is 35.6 Å². The zero-order valence-electron chi connectivity index (χ0n) is 17.9. The number of allylic oxidation sites excluding steroid dienone is 2. The summed E-state index contributed by atoms with van der Waals surface area (Å²) in [6, 6.07) is 11.7. The minimum atomic E-state index is -1.08. The fourth-order valence-electron chi connectivity index (χ4n) is 4.42. The van der Waals surface area contributed by atoms with Gasteiger partial charge in [0.2, 0.25) is 0 Å². The second-order valence-corrected chi connectivity index (χ2v) is 8.92. The first-order valence-corrected chi connectivity index (χ1v) is 11.5. The molecule has 2 aromatic carbocycles. The van der Waals surface area contributed by atoms with Crippen molar-refractivity contribution in [3.63, 3.8) is 0 Å². The molecule has 2 aromatic rings. The molecule has 6 nitrogen and oxygen atoms in total. The van der Waals surface area contributed by atoms with Gasteiger partial charge in [-0.3, -0.25) is 19.2 Å². The first-order valence-electron chi connectivity index (χ1n) is 10.8. The summed E-state index contributed by atoms with van der Waals surface area (Å²) in [5, 5.41) is 2.29. The van der Waals surface area contributed by atoms with E-state index in [9.17, 15) is 19.2 Å². The molecule has 4 rings (SSSR count). The van der Waals surface area contributed by atoms with Crippen LogP contribution < -0.4 is 0 Å². The fraction of sp³-hybridized carbons (Fsp3) is 0.280. The molecule has 33 heavy (non-hydrogen) atoms. The second-order valence-electron chi connectivity index (χ2n) is 8.07. The van der Waals surface area contributed by atoms with Crippen molar-refractivity contribution >= 4 is 46.7 Å². The van der Waals surface area contributed by atoms with Gasteiger partial charge in [0.15, 0.2) is 5.78 Å². The van der Waals surface area contributed by atoms with Gasteiger partial charge < -0.3 is 0 Å². The van der Waals surface area contributed by atoms with Gasteiger partial charge in [-0.25, -0.2) is 5.01 Å². The Morgan fingerprint density at radius 1 is 1.00 bits per heavy atom. The van der Waals surface area contributed by atoms with Gasteiger partial charge in [0.05, 0.1) is 22.4 Å². The van der Waals surface area contributed by atoms with Crippen molar-refractivity contribution in [3.05, 3.63) is 81.9 Å². The maximum atomic E-state index is 13.8. The molecule has 0 bridgehead atoms. The average Bonchev–Trinajstić information content (AvgIpc) is 3.07. The van der Waals surface area contributed by atoms with E-state index in [0.29, 0.717) is 23.4 Å². The zero-order chi connectivity index (χ0) is 23.7.